The standard InChI is InChI=1S/C18H28O3/c1-6-10-17(3,4)12-21-13-18(5,16(19)20)15-9-7-8-14(2)11-15/h7-9,11H,6,10,12-13H2,1-5H3,(H,19,20). The summed E-state index contributed by atoms with van der Waals surface area (Å²) in [6.07, 6.45) is 2.17. The second-order valence-electron chi connectivity index (χ2n) is 6.91. The summed E-state index contributed by atoms with van der Waals surface area (Å²) in [4.78, 5) is 11.7. The third kappa shape index (κ3) is 4.85. The summed E-state index contributed by atoms with van der Waals surface area (Å²) < 4.78 is 5.79. The van der Waals surface area contributed by atoms with Crippen molar-refractivity contribution in [3.63, 3.8) is 0 Å². The Morgan fingerprint density at radius 1 is 1.24 bits per heavy atom. The van der Waals surface area contributed by atoms with Gasteiger partial charge in [-0.15, -0.1) is 0 Å². The number of ether oxygens (including phenoxy) is 1. The van der Waals surface area contributed by atoms with Gasteiger partial charge in [-0.3, -0.25) is 4.79 Å². The average Bonchev–Trinajstić information content (AvgIpc) is 2.37. The molecular weight excluding hydrogens is 264 g/mol. The van der Waals surface area contributed by atoms with Gasteiger partial charge in [-0.2, -0.15) is 0 Å². The highest BCUT2D eigenvalue weighted by Gasteiger charge is 2.36. The lowest BCUT2D eigenvalue weighted by Gasteiger charge is -2.29. The lowest BCUT2D eigenvalue weighted by molar-refractivity contribution is -0.146. The minimum absolute atomic E-state index is 0.0841. The fourth-order valence-corrected chi connectivity index (χ4v) is 2.54. The Morgan fingerprint density at radius 2 is 1.90 bits per heavy atom. The molecule has 0 fully saturated rings. The lowest BCUT2D eigenvalue weighted by Crippen LogP contribution is -2.38. The summed E-state index contributed by atoms with van der Waals surface area (Å²) in [7, 11) is 0. The lowest BCUT2D eigenvalue weighted by atomic mass is 9.82. The highest BCUT2D eigenvalue weighted by atomic mass is 16.5. The number of carbonyl (C=O) groups is 1. The van der Waals surface area contributed by atoms with Crippen LogP contribution in [0.5, 0.6) is 0 Å². The summed E-state index contributed by atoms with van der Waals surface area (Å²) >= 11 is 0. The van der Waals surface area contributed by atoms with Gasteiger partial charge in [0.15, 0.2) is 0 Å². The summed E-state index contributed by atoms with van der Waals surface area (Å²) in [6, 6.07) is 7.65. The molecule has 0 heterocycles. The predicted molar refractivity (Wildman–Crippen MR) is 85.7 cm³/mol. The van der Waals surface area contributed by atoms with Crippen LogP contribution in [0, 0.1) is 12.3 Å². The predicted octanol–water partition coefficient (Wildman–Crippen LogP) is 4.18. The van der Waals surface area contributed by atoms with E-state index in [0.29, 0.717) is 6.61 Å². The molecule has 118 valence electrons. The molecule has 0 bridgehead atoms. The summed E-state index contributed by atoms with van der Waals surface area (Å²) in [5.74, 6) is -0.846. The Bertz CT molecular complexity index is 479. The van der Waals surface area contributed by atoms with Crippen molar-refractivity contribution in [2.24, 2.45) is 5.41 Å². The Hall–Kier alpha value is -1.35. The van der Waals surface area contributed by atoms with Crippen LogP contribution >= 0.6 is 0 Å². The van der Waals surface area contributed by atoms with E-state index in [1.165, 1.54) is 0 Å². The monoisotopic (exact) mass is 292 g/mol. The van der Waals surface area contributed by atoms with Crippen LogP contribution < -0.4 is 0 Å². The molecule has 1 aromatic rings. The molecule has 0 saturated heterocycles. The first kappa shape index (κ1) is 17.7. The molecule has 21 heavy (non-hydrogen) atoms. The fraction of sp³-hybridized carbons (Fsp3) is 0.611. The van der Waals surface area contributed by atoms with E-state index in [9.17, 15) is 9.90 Å². The molecule has 0 amide bonds. The van der Waals surface area contributed by atoms with Gasteiger partial charge in [0.1, 0.15) is 5.41 Å². The van der Waals surface area contributed by atoms with E-state index in [4.69, 9.17) is 4.74 Å². The Balaban J connectivity index is 2.81. The van der Waals surface area contributed by atoms with Crippen LogP contribution in [0.3, 0.4) is 0 Å². The van der Waals surface area contributed by atoms with Crippen molar-refractivity contribution in [1.82, 2.24) is 0 Å². The largest absolute Gasteiger partial charge is 0.481 e. The topological polar surface area (TPSA) is 46.5 Å². The third-order valence-electron chi connectivity index (χ3n) is 3.94. The van der Waals surface area contributed by atoms with Crippen molar-refractivity contribution in [2.75, 3.05) is 13.2 Å². The molecule has 0 aliphatic rings. The van der Waals surface area contributed by atoms with Crippen LogP contribution in [-0.4, -0.2) is 24.3 Å². The van der Waals surface area contributed by atoms with Crippen LogP contribution in [0.1, 0.15) is 51.7 Å². The molecule has 1 atom stereocenters. The molecule has 1 N–H and O–H groups in total. The molecule has 0 aliphatic heterocycles. The second-order valence-corrected chi connectivity index (χ2v) is 6.91. The Morgan fingerprint density at radius 3 is 2.43 bits per heavy atom. The zero-order chi connectivity index (χ0) is 16.1. The molecule has 0 spiro atoms. The van der Waals surface area contributed by atoms with Crippen LogP contribution in [-0.2, 0) is 14.9 Å². The van der Waals surface area contributed by atoms with Gasteiger partial charge in [0.25, 0.3) is 0 Å². The summed E-state index contributed by atoms with van der Waals surface area (Å²) in [5.41, 5.74) is 0.935. The van der Waals surface area contributed by atoms with Crippen LogP contribution in [0.4, 0.5) is 0 Å². The number of aryl methyl sites for hydroxylation is 1. The molecule has 1 rings (SSSR count). The maximum absolute atomic E-state index is 11.7. The first-order valence-electron chi connectivity index (χ1n) is 7.59. The van der Waals surface area contributed by atoms with Crippen molar-refractivity contribution < 1.29 is 14.6 Å². The van der Waals surface area contributed by atoms with Crippen molar-refractivity contribution in [3.8, 4) is 0 Å². The van der Waals surface area contributed by atoms with E-state index in [-0.39, 0.29) is 12.0 Å². The number of benzene rings is 1. The van der Waals surface area contributed by atoms with E-state index < -0.39 is 11.4 Å². The van der Waals surface area contributed by atoms with E-state index in [2.05, 4.69) is 20.8 Å². The van der Waals surface area contributed by atoms with Gasteiger partial charge < -0.3 is 9.84 Å². The van der Waals surface area contributed by atoms with Gasteiger partial charge in [0.2, 0.25) is 0 Å². The zero-order valence-electron chi connectivity index (χ0n) is 13.9. The van der Waals surface area contributed by atoms with E-state index >= 15 is 0 Å². The van der Waals surface area contributed by atoms with E-state index in [1.807, 2.05) is 31.2 Å². The zero-order valence-corrected chi connectivity index (χ0v) is 13.9. The van der Waals surface area contributed by atoms with Crippen molar-refractivity contribution in [3.05, 3.63) is 35.4 Å². The number of hydrogen-bond acceptors (Lipinski definition) is 2. The van der Waals surface area contributed by atoms with E-state index in [1.54, 1.807) is 6.92 Å². The SMILES string of the molecule is CCCC(C)(C)COCC(C)(C(=O)O)c1cccc(C)c1. The maximum Gasteiger partial charge on any atom is 0.316 e. The van der Waals surface area contributed by atoms with Crippen LogP contribution in [0.25, 0.3) is 0 Å². The Kier molecular flexibility index (Phi) is 5.97. The number of rotatable bonds is 8. The van der Waals surface area contributed by atoms with Crippen molar-refractivity contribution in [2.45, 2.75) is 52.9 Å². The first-order chi connectivity index (χ1) is 9.71. The van der Waals surface area contributed by atoms with Crippen LogP contribution in [0.2, 0.25) is 0 Å². The molecule has 1 unspecified atom stereocenters. The number of aliphatic carboxylic acids is 1. The van der Waals surface area contributed by atoms with Gasteiger partial charge in [0, 0.05) is 0 Å². The normalized spacial score (nSPS) is 14.7. The molecule has 0 aromatic heterocycles. The van der Waals surface area contributed by atoms with Crippen molar-refractivity contribution in [1.29, 1.82) is 0 Å². The summed E-state index contributed by atoms with van der Waals surface area (Å²) in [5, 5.41) is 9.63. The maximum atomic E-state index is 11.7. The molecule has 3 heteroatoms. The molecule has 1 aromatic carbocycles. The quantitative estimate of drug-likeness (QED) is 0.782. The van der Waals surface area contributed by atoms with Gasteiger partial charge in [0.05, 0.1) is 13.2 Å². The molecule has 0 radical (unpaired) electrons. The number of carboxylic acids is 1. The van der Waals surface area contributed by atoms with Crippen LogP contribution in [0.15, 0.2) is 24.3 Å². The highest BCUT2D eigenvalue weighted by molar-refractivity contribution is 5.81. The molecule has 0 aliphatic carbocycles. The number of carboxylic acid groups (broad SMARTS) is 1. The first-order valence-corrected chi connectivity index (χ1v) is 7.59. The fourth-order valence-electron chi connectivity index (χ4n) is 2.54. The Labute approximate surface area is 128 Å². The van der Waals surface area contributed by atoms with Gasteiger partial charge in [-0.05, 0) is 31.2 Å². The van der Waals surface area contributed by atoms with Crippen molar-refractivity contribution >= 4 is 5.97 Å². The van der Waals surface area contributed by atoms with Gasteiger partial charge in [-0.25, -0.2) is 0 Å². The average molecular weight is 292 g/mol. The number of hydrogen-bond donors (Lipinski definition) is 1. The minimum Gasteiger partial charge on any atom is -0.481 e. The second kappa shape index (κ2) is 7.08. The summed E-state index contributed by atoms with van der Waals surface area (Å²) in [6.45, 7) is 10.9. The van der Waals surface area contributed by atoms with E-state index in [0.717, 1.165) is 24.0 Å². The van der Waals surface area contributed by atoms with Gasteiger partial charge >= 0.3 is 5.97 Å². The molecule has 0 saturated carbocycles. The molecular formula is C18H28O3. The smallest absolute Gasteiger partial charge is 0.316 e. The van der Waals surface area contributed by atoms with Gasteiger partial charge in [-0.1, -0.05) is 57.0 Å². The molecule has 3 nitrogen and oxygen atoms in total. The third-order valence-corrected chi connectivity index (χ3v) is 3.94. The highest BCUT2D eigenvalue weighted by Crippen LogP contribution is 2.28. The minimum atomic E-state index is -1.01.